The van der Waals surface area contributed by atoms with Crippen molar-refractivity contribution < 1.29 is 9.53 Å². The molecule has 0 radical (unpaired) electrons. The molecule has 1 unspecified atom stereocenters. The Balaban J connectivity index is 1.29. The zero-order chi connectivity index (χ0) is 23.1. The van der Waals surface area contributed by atoms with Crippen LogP contribution < -0.4 is 10.2 Å². The van der Waals surface area contributed by atoms with E-state index in [0.717, 1.165) is 43.7 Å². The van der Waals surface area contributed by atoms with Gasteiger partial charge in [-0.05, 0) is 23.8 Å². The smallest absolute Gasteiger partial charge is 0.252 e. The Hall–Kier alpha value is -3.89. The Kier molecular flexibility index (Phi) is 5.16. The summed E-state index contributed by atoms with van der Waals surface area (Å²) >= 11 is 1.58. The molecule has 6 rings (SSSR count). The molecule has 5 heterocycles. The van der Waals surface area contributed by atoms with E-state index in [-0.39, 0.29) is 12.0 Å². The fraction of sp³-hybridized carbons (Fsp3) is 0.208. The number of rotatable bonds is 4. The van der Waals surface area contributed by atoms with E-state index in [1.165, 1.54) is 0 Å². The molecule has 1 aromatic carbocycles. The molecular formula is C24H21N7O2S. The molecule has 170 valence electrons. The molecule has 0 saturated carbocycles. The number of ether oxygens (including phenoxy) is 1. The van der Waals surface area contributed by atoms with Crippen molar-refractivity contribution in [2.75, 3.05) is 31.6 Å². The lowest BCUT2D eigenvalue weighted by molar-refractivity contribution is 0.0402. The highest BCUT2D eigenvalue weighted by molar-refractivity contribution is 7.22. The van der Waals surface area contributed by atoms with E-state index in [0.29, 0.717) is 24.7 Å². The number of benzene rings is 1. The lowest BCUT2D eigenvalue weighted by Crippen LogP contribution is -2.39. The van der Waals surface area contributed by atoms with Crippen molar-refractivity contribution in [3.05, 3.63) is 66.2 Å². The van der Waals surface area contributed by atoms with Gasteiger partial charge in [-0.3, -0.25) is 14.9 Å². The number of fused-ring (bicyclic) bond motifs is 2. The van der Waals surface area contributed by atoms with Crippen LogP contribution in [0.4, 0.5) is 5.95 Å². The molecule has 1 aliphatic heterocycles. The molecule has 1 fully saturated rings. The minimum Gasteiger partial charge on any atom is -0.370 e. The number of thiophene rings is 1. The molecule has 0 bridgehead atoms. The highest BCUT2D eigenvalue weighted by atomic mass is 32.1. The van der Waals surface area contributed by atoms with Crippen molar-refractivity contribution in [1.82, 2.24) is 30.5 Å². The number of aromatic amines is 1. The number of carbonyl (C=O) groups is 1. The number of carbonyl (C=O) groups excluding carboxylic acids is 1. The third kappa shape index (κ3) is 3.66. The molecule has 1 amide bonds. The zero-order valence-corrected chi connectivity index (χ0v) is 19.2. The van der Waals surface area contributed by atoms with Crippen LogP contribution in [0, 0.1) is 0 Å². The summed E-state index contributed by atoms with van der Waals surface area (Å²) in [5.74, 6) is 0.521. The van der Waals surface area contributed by atoms with Crippen LogP contribution in [0.3, 0.4) is 0 Å². The lowest BCUT2D eigenvalue weighted by atomic mass is 10.0. The first-order chi connectivity index (χ1) is 16.7. The molecule has 0 aliphatic carbocycles. The van der Waals surface area contributed by atoms with E-state index in [1.807, 2.05) is 36.7 Å². The lowest BCUT2D eigenvalue weighted by Gasteiger charge is -2.33. The van der Waals surface area contributed by atoms with Gasteiger partial charge in [0, 0.05) is 41.8 Å². The molecule has 1 saturated heterocycles. The third-order valence-corrected chi connectivity index (χ3v) is 7.09. The Labute approximate surface area is 198 Å². The molecule has 1 atom stereocenters. The predicted molar refractivity (Wildman–Crippen MR) is 131 cm³/mol. The second-order valence-electron chi connectivity index (χ2n) is 8.06. The Morgan fingerprint density at radius 3 is 3.09 bits per heavy atom. The second kappa shape index (κ2) is 8.47. The number of nitrogens with one attached hydrogen (secondary N) is 2. The van der Waals surface area contributed by atoms with E-state index in [1.54, 1.807) is 30.8 Å². The first-order valence-electron chi connectivity index (χ1n) is 10.9. The van der Waals surface area contributed by atoms with Crippen molar-refractivity contribution in [2.24, 2.45) is 0 Å². The van der Waals surface area contributed by atoms with Crippen LogP contribution in [-0.4, -0.2) is 57.8 Å². The summed E-state index contributed by atoms with van der Waals surface area (Å²) in [6.07, 6.45) is 6.94. The molecule has 34 heavy (non-hydrogen) atoms. The maximum absolute atomic E-state index is 12.0. The number of aromatic nitrogens is 5. The van der Waals surface area contributed by atoms with Crippen LogP contribution in [0.25, 0.3) is 31.6 Å². The zero-order valence-electron chi connectivity index (χ0n) is 18.4. The normalized spacial score (nSPS) is 16.3. The Morgan fingerprint density at radius 2 is 2.18 bits per heavy atom. The van der Waals surface area contributed by atoms with Crippen LogP contribution in [0.5, 0.6) is 0 Å². The van der Waals surface area contributed by atoms with Gasteiger partial charge in [-0.15, -0.1) is 11.3 Å². The molecular weight excluding hydrogens is 450 g/mol. The fourth-order valence-corrected chi connectivity index (χ4v) is 5.21. The SMILES string of the molecule is CNC(=O)c1cncc(-c2cc3nc(N4CCOC(c5cccc6[nH]ncc56)C4)ncc3s2)c1. The van der Waals surface area contributed by atoms with Gasteiger partial charge in [-0.1, -0.05) is 12.1 Å². The van der Waals surface area contributed by atoms with Gasteiger partial charge in [0.2, 0.25) is 5.95 Å². The second-order valence-corrected chi connectivity index (χ2v) is 9.14. The van der Waals surface area contributed by atoms with Crippen LogP contribution >= 0.6 is 11.3 Å². The molecule has 10 heteroatoms. The van der Waals surface area contributed by atoms with E-state index in [2.05, 4.69) is 36.4 Å². The van der Waals surface area contributed by atoms with E-state index in [9.17, 15) is 4.79 Å². The van der Waals surface area contributed by atoms with Gasteiger partial charge in [0.25, 0.3) is 5.91 Å². The first-order valence-corrected chi connectivity index (χ1v) is 11.7. The first kappa shape index (κ1) is 20.7. The third-order valence-electron chi connectivity index (χ3n) is 5.98. The molecule has 0 spiro atoms. The van der Waals surface area contributed by atoms with Crippen LogP contribution in [0.2, 0.25) is 0 Å². The Morgan fingerprint density at radius 1 is 1.24 bits per heavy atom. The molecule has 4 aromatic heterocycles. The van der Waals surface area contributed by atoms with Gasteiger partial charge in [-0.25, -0.2) is 9.97 Å². The van der Waals surface area contributed by atoms with Gasteiger partial charge in [0.15, 0.2) is 0 Å². The van der Waals surface area contributed by atoms with Crippen molar-refractivity contribution in [3.8, 4) is 10.4 Å². The number of amides is 1. The predicted octanol–water partition coefficient (Wildman–Crippen LogP) is 3.57. The van der Waals surface area contributed by atoms with E-state index < -0.39 is 0 Å². The van der Waals surface area contributed by atoms with Crippen LogP contribution in [0.15, 0.2) is 55.1 Å². The van der Waals surface area contributed by atoms with Crippen LogP contribution in [-0.2, 0) is 4.74 Å². The number of pyridine rings is 1. The number of nitrogens with zero attached hydrogens (tertiary/aromatic N) is 5. The van der Waals surface area contributed by atoms with E-state index in [4.69, 9.17) is 9.72 Å². The van der Waals surface area contributed by atoms with Gasteiger partial charge in [0.05, 0.1) is 46.8 Å². The highest BCUT2D eigenvalue weighted by Crippen LogP contribution is 2.34. The minimum atomic E-state index is -0.162. The standard InChI is InChI=1S/C24H21N7O2S/c1-25-23(32)15-7-14(9-26-10-15)21-8-19-22(34-21)12-27-24(29-19)31-5-6-33-20(13-31)16-3-2-4-18-17(16)11-28-30-18/h2-4,7-12,20H,5-6,13H2,1H3,(H,25,32)(H,28,30). The quantitative estimate of drug-likeness (QED) is 0.412. The molecule has 1 aliphatic rings. The minimum absolute atomic E-state index is 0.0918. The van der Waals surface area contributed by atoms with Crippen LogP contribution in [0.1, 0.15) is 22.0 Å². The Bertz CT molecular complexity index is 1510. The summed E-state index contributed by atoms with van der Waals surface area (Å²) in [4.78, 5) is 28.9. The summed E-state index contributed by atoms with van der Waals surface area (Å²) in [6.45, 7) is 1.97. The van der Waals surface area contributed by atoms with E-state index >= 15 is 0 Å². The van der Waals surface area contributed by atoms with Gasteiger partial charge in [0.1, 0.15) is 6.10 Å². The summed E-state index contributed by atoms with van der Waals surface area (Å²) < 4.78 is 7.09. The number of hydrogen-bond donors (Lipinski definition) is 2. The number of morpholine rings is 1. The monoisotopic (exact) mass is 471 g/mol. The number of hydrogen-bond acceptors (Lipinski definition) is 8. The maximum atomic E-state index is 12.0. The average molecular weight is 472 g/mol. The molecule has 5 aromatic rings. The average Bonchev–Trinajstić information content (AvgIpc) is 3.55. The largest absolute Gasteiger partial charge is 0.370 e. The summed E-state index contributed by atoms with van der Waals surface area (Å²) in [5.41, 5.74) is 4.38. The van der Waals surface area contributed by atoms with Gasteiger partial charge >= 0.3 is 0 Å². The fourth-order valence-electron chi connectivity index (χ4n) is 4.26. The van der Waals surface area contributed by atoms with Gasteiger partial charge < -0.3 is 15.0 Å². The number of anilines is 1. The number of H-pyrrole nitrogens is 1. The topological polar surface area (TPSA) is 109 Å². The summed E-state index contributed by atoms with van der Waals surface area (Å²) in [5, 5.41) is 10.9. The summed E-state index contributed by atoms with van der Waals surface area (Å²) in [6, 6.07) is 9.98. The van der Waals surface area contributed by atoms with Crippen molar-refractivity contribution in [2.45, 2.75) is 6.10 Å². The highest BCUT2D eigenvalue weighted by Gasteiger charge is 2.26. The van der Waals surface area contributed by atoms with Gasteiger partial charge in [-0.2, -0.15) is 5.10 Å². The summed E-state index contributed by atoms with van der Waals surface area (Å²) in [7, 11) is 1.61. The maximum Gasteiger partial charge on any atom is 0.252 e. The van der Waals surface area contributed by atoms with Crippen molar-refractivity contribution >= 4 is 44.3 Å². The molecule has 2 N–H and O–H groups in total. The van der Waals surface area contributed by atoms with Crippen molar-refractivity contribution in [3.63, 3.8) is 0 Å². The van der Waals surface area contributed by atoms with Crippen molar-refractivity contribution in [1.29, 1.82) is 0 Å². The molecule has 9 nitrogen and oxygen atoms in total.